The minimum absolute atomic E-state index is 0.133. The van der Waals surface area contributed by atoms with Gasteiger partial charge in [0.25, 0.3) is 0 Å². The van der Waals surface area contributed by atoms with Crippen LogP contribution in [0.4, 0.5) is 0 Å². The molecule has 0 bridgehead atoms. The summed E-state index contributed by atoms with van der Waals surface area (Å²) >= 11 is 0. The van der Waals surface area contributed by atoms with Crippen molar-refractivity contribution in [2.24, 2.45) is 0 Å². The predicted octanol–water partition coefficient (Wildman–Crippen LogP) is 9.65. The maximum absolute atomic E-state index is 11.6. The van der Waals surface area contributed by atoms with E-state index >= 15 is 0 Å². The van der Waals surface area contributed by atoms with E-state index in [1.807, 2.05) is 31.2 Å². The van der Waals surface area contributed by atoms with Gasteiger partial charge >= 0.3 is 5.97 Å². The molecule has 0 saturated heterocycles. The van der Waals surface area contributed by atoms with Crippen molar-refractivity contribution in [3.63, 3.8) is 0 Å². The van der Waals surface area contributed by atoms with Gasteiger partial charge in [-0.1, -0.05) is 83.7 Å². The number of benzene rings is 2. The minimum atomic E-state index is -1.93. The molecule has 0 heterocycles. The van der Waals surface area contributed by atoms with Crippen molar-refractivity contribution in [3.05, 3.63) is 88.5 Å². The van der Waals surface area contributed by atoms with Crippen LogP contribution in [0.2, 0.25) is 36.3 Å². The summed E-state index contributed by atoms with van der Waals surface area (Å²) < 4.78 is 18.2. The Morgan fingerprint density at radius 1 is 0.810 bits per heavy atom. The molecule has 2 rings (SSSR count). The van der Waals surface area contributed by atoms with Crippen LogP contribution in [0.5, 0.6) is 0 Å². The first-order chi connectivity index (χ1) is 19.4. The van der Waals surface area contributed by atoms with Gasteiger partial charge in [-0.2, -0.15) is 0 Å². The third-order valence-corrected chi connectivity index (χ3v) is 17.5. The van der Waals surface area contributed by atoms with E-state index in [-0.39, 0.29) is 16.0 Å². The average Bonchev–Trinajstić information content (AvgIpc) is 2.89. The van der Waals surface area contributed by atoms with Crippen LogP contribution in [-0.4, -0.2) is 29.2 Å². The third kappa shape index (κ3) is 10.5. The van der Waals surface area contributed by atoms with Crippen LogP contribution in [-0.2, 0) is 31.6 Å². The lowest BCUT2D eigenvalue weighted by atomic mass is 10.0. The Hall–Kier alpha value is -2.70. The highest BCUT2D eigenvalue weighted by Crippen LogP contribution is 2.39. The van der Waals surface area contributed by atoms with E-state index in [0.29, 0.717) is 19.8 Å². The fraction of sp³-hybridized carbons (Fsp3) is 0.472. The SMILES string of the molecule is CCOC(=O)/C=C/C=C(\C)c1cccc(C#Cc2ccc(CO[Si](C)(C)C(C)(C)C)c(CO[Si](C)(C)C(C)(C)C)c2)c1. The second kappa shape index (κ2) is 14.7. The van der Waals surface area contributed by atoms with Gasteiger partial charge in [0.2, 0.25) is 0 Å². The Morgan fingerprint density at radius 2 is 1.36 bits per heavy atom. The first kappa shape index (κ1) is 35.5. The molecule has 6 heteroatoms. The summed E-state index contributed by atoms with van der Waals surface area (Å²) in [4.78, 5) is 11.6. The molecule has 0 aromatic heterocycles. The molecule has 42 heavy (non-hydrogen) atoms. The van der Waals surface area contributed by atoms with Crippen LogP contribution < -0.4 is 0 Å². The molecule has 0 unspecified atom stereocenters. The van der Waals surface area contributed by atoms with Gasteiger partial charge in [0, 0.05) is 17.2 Å². The molecule has 0 fully saturated rings. The summed E-state index contributed by atoms with van der Waals surface area (Å²) in [5, 5.41) is 0.282. The number of carbonyl (C=O) groups excluding carboxylic acids is 1. The van der Waals surface area contributed by atoms with E-state index in [0.717, 1.165) is 27.8 Å². The van der Waals surface area contributed by atoms with E-state index in [2.05, 4.69) is 104 Å². The second-order valence-corrected chi connectivity index (χ2v) is 23.5. The zero-order chi connectivity index (χ0) is 31.8. The second-order valence-electron chi connectivity index (χ2n) is 13.9. The van der Waals surface area contributed by atoms with Gasteiger partial charge in [-0.25, -0.2) is 4.79 Å². The van der Waals surface area contributed by atoms with Crippen molar-refractivity contribution in [1.82, 2.24) is 0 Å². The lowest BCUT2D eigenvalue weighted by Crippen LogP contribution is -2.41. The highest BCUT2D eigenvalue weighted by molar-refractivity contribution is 6.74. The number of allylic oxidation sites excluding steroid dienone is 3. The summed E-state index contributed by atoms with van der Waals surface area (Å²) in [5.41, 5.74) is 6.29. The molecule has 0 aliphatic heterocycles. The number of esters is 1. The molecule has 2 aromatic carbocycles. The number of hydrogen-bond acceptors (Lipinski definition) is 4. The van der Waals surface area contributed by atoms with E-state index in [1.54, 1.807) is 13.0 Å². The zero-order valence-electron chi connectivity index (χ0n) is 28.0. The van der Waals surface area contributed by atoms with E-state index in [1.165, 1.54) is 11.6 Å². The monoisotopic (exact) mass is 604 g/mol. The Morgan fingerprint density at radius 3 is 1.90 bits per heavy atom. The molecule has 0 saturated carbocycles. The molecule has 4 nitrogen and oxygen atoms in total. The largest absolute Gasteiger partial charge is 0.463 e. The van der Waals surface area contributed by atoms with Crippen molar-refractivity contribution in [2.75, 3.05) is 6.61 Å². The van der Waals surface area contributed by atoms with Gasteiger partial charge in [0.15, 0.2) is 16.6 Å². The molecule has 0 aliphatic rings. The van der Waals surface area contributed by atoms with E-state index in [4.69, 9.17) is 13.6 Å². The van der Waals surface area contributed by atoms with Crippen LogP contribution >= 0.6 is 0 Å². The molecule has 2 aromatic rings. The molecular formula is C36H52O4Si2. The van der Waals surface area contributed by atoms with Gasteiger partial charge < -0.3 is 13.6 Å². The molecule has 0 atom stereocenters. The highest BCUT2D eigenvalue weighted by atomic mass is 28.4. The summed E-state index contributed by atoms with van der Waals surface area (Å²) in [7, 11) is -3.83. The minimum Gasteiger partial charge on any atom is -0.463 e. The van der Waals surface area contributed by atoms with Crippen molar-refractivity contribution < 1.29 is 18.4 Å². The lowest BCUT2D eigenvalue weighted by Gasteiger charge is -2.37. The normalized spacial score (nSPS) is 13.2. The number of rotatable bonds is 10. The molecule has 0 radical (unpaired) electrons. The van der Waals surface area contributed by atoms with E-state index < -0.39 is 16.6 Å². The van der Waals surface area contributed by atoms with Crippen LogP contribution in [0.15, 0.2) is 60.7 Å². The zero-order valence-corrected chi connectivity index (χ0v) is 30.0. The lowest BCUT2D eigenvalue weighted by molar-refractivity contribution is -0.137. The summed E-state index contributed by atoms with van der Waals surface area (Å²) in [6, 6.07) is 14.5. The molecule has 0 N–H and O–H groups in total. The van der Waals surface area contributed by atoms with Gasteiger partial charge in [-0.3, -0.25) is 0 Å². The van der Waals surface area contributed by atoms with Gasteiger partial charge in [-0.05, 0) is 96.6 Å². The van der Waals surface area contributed by atoms with Crippen molar-refractivity contribution in [2.45, 2.75) is 105 Å². The van der Waals surface area contributed by atoms with Crippen molar-refractivity contribution >= 4 is 28.2 Å². The van der Waals surface area contributed by atoms with Gasteiger partial charge in [-0.15, -0.1) is 0 Å². The maximum atomic E-state index is 11.6. The first-order valence-corrected chi connectivity index (χ1v) is 20.7. The van der Waals surface area contributed by atoms with Crippen LogP contribution in [0, 0.1) is 11.8 Å². The quantitative estimate of drug-likeness (QED) is 0.0890. The van der Waals surface area contributed by atoms with Crippen LogP contribution in [0.1, 0.15) is 83.2 Å². The molecular weight excluding hydrogens is 553 g/mol. The summed E-state index contributed by atoms with van der Waals surface area (Å²) in [5.74, 6) is 6.37. The summed E-state index contributed by atoms with van der Waals surface area (Å²) in [6.07, 6.45) is 5.06. The number of hydrogen-bond donors (Lipinski definition) is 0. The molecule has 0 aliphatic carbocycles. The Kier molecular flexibility index (Phi) is 12.4. The standard InChI is InChI=1S/C36H52O4Si2/c1-13-38-34(37)19-14-16-28(2)31-18-15-17-29(24-31)20-21-30-22-23-32(26-39-41(9,10)35(3,4)5)33(25-30)27-40-42(11,12)36(6,7)8/h14-19,22-25H,13,26-27H2,1-12H3/b19-14+,28-16+. The Bertz CT molecular complexity index is 1340. The van der Waals surface area contributed by atoms with Crippen molar-refractivity contribution in [3.8, 4) is 11.8 Å². The van der Waals surface area contributed by atoms with E-state index in [9.17, 15) is 4.79 Å². The van der Waals surface area contributed by atoms with Crippen LogP contribution in [0.25, 0.3) is 5.57 Å². The topological polar surface area (TPSA) is 44.8 Å². The first-order valence-electron chi connectivity index (χ1n) is 14.9. The number of ether oxygens (including phenoxy) is 1. The van der Waals surface area contributed by atoms with Crippen molar-refractivity contribution in [1.29, 1.82) is 0 Å². The average molecular weight is 605 g/mol. The third-order valence-electron chi connectivity index (χ3n) is 8.53. The van der Waals surface area contributed by atoms with Gasteiger partial charge in [0.1, 0.15) is 0 Å². The van der Waals surface area contributed by atoms with Gasteiger partial charge in [0.05, 0.1) is 19.8 Å². The Labute approximate surface area is 257 Å². The Balaban J connectivity index is 2.35. The highest BCUT2D eigenvalue weighted by Gasteiger charge is 2.38. The maximum Gasteiger partial charge on any atom is 0.330 e. The fourth-order valence-corrected chi connectivity index (χ4v) is 5.37. The molecule has 228 valence electrons. The molecule has 0 spiro atoms. The smallest absolute Gasteiger partial charge is 0.330 e. The predicted molar refractivity (Wildman–Crippen MR) is 182 cm³/mol. The fourth-order valence-electron chi connectivity index (χ4n) is 3.47. The number of carbonyl (C=O) groups is 1. The van der Waals surface area contributed by atoms with Crippen LogP contribution in [0.3, 0.4) is 0 Å². The molecule has 0 amide bonds. The summed E-state index contributed by atoms with van der Waals surface area (Å²) in [6.45, 7) is 28.1.